The van der Waals surface area contributed by atoms with Crippen molar-refractivity contribution in [1.29, 1.82) is 0 Å². The first-order chi connectivity index (χ1) is 6.61. The van der Waals surface area contributed by atoms with Gasteiger partial charge in [-0.2, -0.15) is 25.3 Å². The number of halogens is 3. The largest absolute Gasteiger partial charge is 4.00 e. The Labute approximate surface area is 121 Å². The topological polar surface area (TPSA) is 0 Å². The van der Waals surface area contributed by atoms with E-state index in [9.17, 15) is 13.2 Å². The molecule has 0 radical (unpaired) electrons. The van der Waals surface area contributed by atoms with Crippen molar-refractivity contribution in [2.24, 2.45) is 0 Å². The molecule has 0 spiro atoms. The summed E-state index contributed by atoms with van der Waals surface area (Å²) in [7, 11) is 0. The first-order valence-corrected chi connectivity index (χ1v) is 4.17. The van der Waals surface area contributed by atoms with Crippen LogP contribution in [0.1, 0.15) is 12.8 Å². The predicted molar refractivity (Wildman–Crippen MR) is 61.0 cm³/mol. The maximum atomic E-state index is 11.6. The third kappa shape index (κ3) is 9.34. The van der Waals surface area contributed by atoms with Crippen LogP contribution in [0.4, 0.5) is 13.2 Å². The molecular formula is C13H15F3Zr. The molecule has 0 aliphatic heterocycles. The minimum atomic E-state index is -4.20. The summed E-state index contributed by atoms with van der Waals surface area (Å²) in [4.78, 5) is 0. The van der Waals surface area contributed by atoms with Crippen molar-refractivity contribution in [3.05, 3.63) is 63.0 Å². The molecule has 0 bridgehead atoms. The summed E-state index contributed by atoms with van der Waals surface area (Å²) in [5, 5.41) is 0. The fourth-order valence-electron chi connectivity index (χ4n) is 0.940. The van der Waals surface area contributed by atoms with Gasteiger partial charge in [0.15, 0.2) is 0 Å². The number of rotatable bonds is 0. The van der Waals surface area contributed by atoms with Crippen LogP contribution >= 0.6 is 0 Å². The fraction of sp³-hybridized carbons (Fsp3) is 0.231. The van der Waals surface area contributed by atoms with Crippen molar-refractivity contribution in [3.8, 4) is 0 Å². The summed E-state index contributed by atoms with van der Waals surface area (Å²) < 4.78 is 34.8. The zero-order valence-electron chi connectivity index (χ0n) is 9.93. The van der Waals surface area contributed by atoms with E-state index in [0.29, 0.717) is 0 Å². The van der Waals surface area contributed by atoms with Gasteiger partial charge in [-0.3, -0.25) is 12.2 Å². The van der Waals surface area contributed by atoms with E-state index in [4.69, 9.17) is 0 Å². The van der Waals surface area contributed by atoms with Gasteiger partial charge in [0.25, 0.3) is 0 Å². The van der Waals surface area contributed by atoms with E-state index >= 15 is 0 Å². The molecular weight excluding hydrogens is 304 g/mol. The summed E-state index contributed by atoms with van der Waals surface area (Å²) in [6.07, 6.45) is 10.7. The van der Waals surface area contributed by atoms with Crippen molar-refractivity contribution < 1.29 is 39.4 Å². The molecule has 0 saturated heterocycles. The molecule has 0 N–H and O–H groups in total. The van der Waals surface area contributed by atoms with Crippen molar-refractivity contribution in [1.82, 2.24) is 0 Å². The summed E-state index contributed by atoms with van der Waals surface area (Å²) in [5.74, 6) is 0. The second kappa shape index (κ2) is 10.8. The van der Waals surface area contributed by atoms with Gasteiger partial charge in [-0.1, -0.05) is 0 Å². The number of alkyl halides is 3. The summed E-state index contributed by atoms with van der Waals surface area (Å²) in [6.45, 7) is 0. The van der Waals surface area contributed by atoms with E-state index in [1.165, 1.54) is 6.08 Å². The average Bonchev–Trinajstić information content (AvgIpc) is 2.80. The minimum absolute atomic E-state index is 0. The van der Waals surface area contributed by atoms with Gasteiger partial charge in [0.1, 0.15) is 0 Å². The van der Waals surface area contributed by atoms with Gasteiger partial charge in [0.2, 0.25) is 0 Å². The quantitative estimate of drug-likeness (QED) is 0.579. The van der Waals surface area contributed by atoms with Crippen molar-refractivity contribution in [3.63, 3.8) is 0 Å². The molecule has 2 aliphatic rings. The third-order valence-electron chi connectivity index (χ3n) is 1.59. The first-order valence-electron chi connectivity index (χ1n) is 4.17. The number of hydrogen-bond acceptors (Lipinski definition) is 0. The van der Waals surface area contributed by atoms with Crippen LogP contribution in [0.2, 0.25) is 0 Å². The molecule has 0 aromatic heterocycles. The van der Waals surface area contributed by atoms with E-state index in [2.05, 4.69) is 18.2 Å². The second-order valence-corrected chi connectivity index (χ2v) is 2.70. The minimum Gasteiger partial charge on any atom is -0.358 e. The van der Waals surface area contributed by atoms with Gasteiger partial charge in [-0.25, -0.2) is 18.2 Å². The zero-order valence-corrected chi connectivity index (χ0v) is 12.4. The van der Waals surface area contributed by atoms with Gasteiger partial charge < -0.3 is 14.9 Å². The molecule has 0 heterocycles. The maximum absolute atomic E-state index is 11.6. The normalized spacial score (nSPS) is 14.9. The van der Waals surface area contributed by atoms with Gasteiger partial charge in [-0.15, -0.1) is 18.4 Å². The molecule has 0 aromatic carbocycles. The third-order valence-corrected chi connectivity index (χ3v) is 1.59. The van der Waals surface area contributed by atoms with Gasteiger partial charge in [-0.05, 0) is 0 Å². The summed E-state index contributed by atoms with van der Waals surface area (Å²) >= 11 is 0. The van der Waals surface area contributed by atoms with Gasteiger partial charge >= 0.3 is 32.4 Å². The number of hydrogen-bond donors (Lipinski definition) is 0. The molecule has 17 heavy (non-hydrogen) atoms. The van der Waals surface area contributed by atoms with E-state index in [-0.39, 0.29) is 47.5 Å². The molecule has 0 amide bonds. The zero-order chi connectivity index (χ0) is 10.4. The van der Waals surface area contributed by atoms with Gasteiger partial charge in [0, 0.05) is 0 Å². The Kier molecular flexibility index (Phi) is 13.9. The van der Waals surface area contributed by atoms with Crippen LogP contribution in [-0.2, 0) is 26.2 Å². The molecule has 0 saturated carbocycles. The van der Waals surface area contributed by atoms with Crippen LogP contribution in [0.3, 0.4) is 0 Å². The van der Waals surface area contributed by atoms with Crippen molar-refractivity contribution in [2.75, 3.05) is 0 Å². The monoisotopic (exact) mass is 318 g/mol. The number of allylic oxidation sites excluding steroid dienone is 8. The molecule has 2 aliphatic carbocycles. The van der Waals surface area contributed by atoms with E-state index in [0.717, 1.165) is 12.5 Å². The average molecular weight is 319 g/mol. The Bertz CT molecular complexity index is 286. The van der Waals surface area contributed by atoms with Crippen LogP contribution in [0.25, 0.3) is 0 Å². The van der Waals surface area contributed by atoms with Crippen LogP contribution < -0.4 is 0 Å². The van der Waals surface area contributed by atoms with Crippen LogP contribution in [-0.4, -0.2) is 6.18 Å². The second-order valence-electron chi connectivity index (χ2n) is 2.70. The Morgan fingerprint density at radius 1 is 1.06 bits per heavy atom. The molecule has 0 aromatic rings. The molecule has 0 unspecified atom stereocenters. The van der Waals surface area contributed by atoms with E-state index in [1.807, 2.05) is 12.2 Å². The Morgan fingerprint density at radius 2 is 1.71 bits per heavy atom. The SMILES string of the molecule is FC(F)(F)C1=[C-]CC=C1.[C-]1=CC=CC1.[CH3-].[CH3-].[Zr+4]. The molecule has 0 fully saturated rings. The molecule has 92 valence electrons. The summed E-state index contributed by atoms with van der Waals surface area (Å²) in [6, 6.07) is 0. The van der Waals surface area contributed by atoms with Crippen molar-refractivity contribution in [2.45, 2.75) is 19.0 Å². The summed E-state index contributed by atoms with van der Waals surface area (Å²) in [5.41, 5.74) is -0.650. The van der Waals surface area contributed by atoms with Crippen LogP contribution in [0, 0.1) is 27.0 Å². The molecule has 2 rings (SSSR count). The van der Waals surface area contributed by atoms with Crippen molar-refractivity contribution >= 4 is 0 Å². The van der Waals surface area contributed by atoms with E-state index in [1.54, 1.807) is 0 Å². The Morgan fingerprint density at radius 3 is 1.88 bits per heavy atom. The Hall–Kier alpha value is -0.367. The molecule has 0 atom stereocenters. The first kappa shape index (κ1) is 21.9. The Balaban J connectivity index is -0.000000216. The van der Waals surface area contributed by atoms with E-state index < -0.39 is 11.7 Å². The molecule has 0 nitrogen and oxygen atoms in total. The predicted octanol–water partition coefficient (Wildman–Crippen LogP) is 4.44. The fourth-order valence-corrected chi connectivity index (χ4v) is 0.940. The van der Waals surface area contributed by atoms with Gasteiger partial charge in [0.05, 0.1) is 0 Å². The van der Waals surface area contributed by atoms with Crippen LogP contribution in [0.15, 0.2) is 36.0 Å². The molecule has 4 heteroatoms. The van der Waals surface area contributed by atoms with Crippen LogP contribution in [0.5, 0.6) is 0 Å². The standard InChI is InChI=1S/C6H4F3.C5H5.2CH3.Zr/c7-6(8,9)5-3-1-2-4-5;1-2-4-5-3-1;;;/h1,3H,2H2;1-3H,4H2;2*1H3;/q4*-1;+4. The maximum Gasteiger partial charge on any atom is 4.00 e. The smallest absolute Gasteiger partial charge is 0.358 e.